The normalized spacial score (nSPS) is 17.1. The van der Waals surface area contributed by atoms with Gasteiger partial charge in [0, 0.05) is 12.1 Å². The zero-order chi connectivity index (χ0) is 13.7. The van der Waals surface area contributed by atoms with Gasteiger partial charge >= 0.3 is 0 Å². The summed E-state index contributed by atoms with van der Waals surface area (Å²) in [6.45, 7) is 0.988. The molecule has 0 spiro atoms. The molecule has 0 unspecified atom stereocenters. The lowest BCUT2D eigenvalue weighted by Crippen LogP contribution is -2.34. The number of rotatable bonds is 5. The monoisotopic (exact) mass is 267 g/mol. The van der Waals surface area contributed by atoms with Gasteiger partial charge in [-0.25, -0.2) is 8.78 Å². The Hall–Kier alpha value is -0.960. The Bertz CT molecular complexity index is 400. The average molecular weight is 267 g/mol. The summed E-state index contributed by atoms with van der Waals surface area (Å²) in [5, 5.41) is 0. The third-order valence-electron chi connectivity index (χ3n) is 4.17. The topological polar surface area (TPSA) is 3.24 Å². The van der Waals surface area contributed by atoms with Gasteiger partial charge in [-0.15, -0.1) is 0 Å². The van der Waals surface area contributed by atoms with Gasteiger partial charge in [-0.3, -0.25) is 0 Å². The van der Waals surface area contributed by atoms with E-state index in [4.69, 9.17) is 0 Å². The molecule has 0 atom stereocenters. The maximum Gasteiger partial charge on any atom is 0.129 e. The Morgan fingerprint density at radius 1 is 1.16 bits per heavy atom. The fourth-order valence-corrected chi connectivity index (χ4v) is 2.95. The van der Waals surface area contributed by atoms with Crippen molar-refractivity contribution in [2.45, 2.75) is 51.0 Å². The smallest absolute Gasteiger partial charge is 0.129 e. The van der Waals surface area contributed by atoms with Gasteiger partial charge in [0.2, 0.25) is 0 Å². The molecule has 19 heavy (non-hydrogen) atoms. The van der Waals surface area contributed by atoms with Crippen LogP contribution in [0.5, 0.6) is 0 Å². The second-order valence-electron chi connectivity index (χ2n) is 5.61. The van der Waals surface area contributed by atoms with Crippen LogP contribution in [0, 0.1) is 11.6 Å². The van der Waals surface area contributed by atoms with Crippen molar-refractivity contribution in [3.8, 4) is 0 Å². The van der Waals surface area contributed by atoms with Crippen LogP contribution in [-0.2, 0) is 6.42 Å². The van der Waals surface area contributed by atoms with Crippen LogP contribution in [0.3, 0.4) is 0 Å². The SMILES string of the molecule is CN(CCCc1ccc(F)cc1F)C1CCCCC1. The van der Waals surface area contributed by atoms with Gasteiger partial charge in [0.25, 0.3) is 0 Å². The van der Waals surface area contributed by atoms with Crippen molar-refractivity contribution < 1.29 is 8.78 Å². The zero-order valence-electron chi connectivity index (χ0n) is 11.7. The molecule has 0 aromatic heterocycles. The third kappa shape index (κ3) is 4.27. The summed E-state index contributed by atoms with van der Waals surface area (Å²) in [4.78, 5) is 2.40. The molecule has 0 amide bonds. The molecule has 0 radical (unpaired) electrons. The maximum atomic E-state index is 13.5. The molecule has 2 rings (SSSR count). The van der Waals surface area contributed by atoms with E-state index in [9.17, 15) is 8.78 Å². The van der Waals surface area contributed by atoms with E-state index in [0.29, 0.717) is 18.0 Å². The molecular formula is C16H23F2N. The summed E-state index contributed by atoms with van der Waals surface area (Å²) < 4.78 is 26.3. The Morgan fingerprint density at radius 2 is 1.89 bits per heavy atom. The minimum absolute atomic E-state index is 0.416. The Balaban J connectivity index is 1.76. The van der Waals surface area contributed by atoms with Gasteiger partial charge in [0.1, 0.15) is 11.6 Å². The van der Waals surface area contributed by atoms with E-state index in [0.717, 1.165) is 19.0 Å². The molecule has 0 bridgehead atoms. The number of hydrogen-bond acceptors (Lipinski definition) is 1. The summed E-state index contributed by atoms with van der Waals surface area (Å²) in [7, 11) is 2.16. The molecule has 0 N–H and O–H groups in total. The van der Waals surface area contributed by atoms with Crippen LogP contribution in [0.1, 0.15) is 44.1 Å². The Kier molecular flexibility index (Phi) is 5.32. The molecule has 0 aliphatic heterocycles. The Morgan fingerprint density at radius 3 is 2.58 bits per heavy atom. The van der Waals surface area contributed by atoms with E-state index in [1.165, 1.54) is 38.2 Å². The van der Waals surface area contributed by atoms with E-state index in [2.05, 4.69) is 11.9 Å². The first-order valence-electron chi connectivity index (χ1n) is 7.31. The summed E-state index contributed by atoms with van der Waals surface area (Å²) in [5.74, 6) is -0.916. The van der Waals surface area contributed by atoms with Gasteiger partial charge in [0.05, 0.1) is 0 Å². The minimum atomic E-state index is -0.499. The summed E-state index contributed by atoms with van der Waals surface area (Å²) in [6, 6.07) is 4.57. The van der Waals surface area contributed by atoms with E-state index in [1.54, 1.807) is 6.07 Å². The van der Waals surface area contributed by atoms with Crippen molar-refractivity contribution in [3.63, 3.8) is 0 Å². The van der Waals surface area contributed by atoms with Gasteiger partial charge in [-0.05, 0) is 50.9 Å². The van der Waals surface area contributed by atoms with Crippen molar-refractivity contribution in [3.05, 3.63) is 35.4 Å². The molecule has 0 saturated heterocycles. The lowest BCUT2D eigenvalue weighted by atomic mass is 9.94. The molecule has 106 valence electrons. The highest BCUT2D eigenvalue weighted by molar-refractivity contribution is 5.18. The van der Waals surface area contributed by atoms with Crippen molar-refractivity contribution >= 4 is 0 Å². The molecule has 1 nitrogen and oxygen atoms in total. The van der Waals surface area contributed by atoms with Crippen molar-refractivity contribution in [2.24, 2.45) is 0 Å². The molecule has 1 aromatic carbocycles. The molecule has 0 heterocycles. The van der Waals surface area contributed by atoms with Crippen LogP contribution in [0.15, 0.2) is 18.2 Å². The number of nitrogens with zero attached hydrogens (tertiary/aromatic N) is 1. The predicted octanol–water partition coefficient (Wildman–Crippen LogP) is 4.16. The van der Waals surface area contributed by atoms with Crippen LogP contribution in [0.4, 0.5) is 8.78 Å². The number of benzene rings is 1. The molecule has 3 heteroatoms. The van der Waals surface area contributed by atoms with Crippen LogP contribution in [0.25, 0.3) is 0 Å². The molecule has 1 saturated carbocycles. The highest BCUT2D eigenvalue weighted by Crippen LogP contribution is 2.22. The lowest BCUT2D eigenvalue weighted by molar-refractivity contribution is 0.190. The molecular weight excluding hydrogens is 244 g/mol. The van der Waals surface area contributed by atoms with E-state index in [-0.39, 0.29) is 0 Å². The first kappa shape index (κ1) is 14.4. The summed E-state index contributed by atoms with van der Waals surface area (Å²) in [5.41, 5.74) is 0.624. The predicted molar refractivity (Wildman–Crippen MR) is 74.2 cm³/mol. The minimum Gasteiger partial charge on any atom is -0.303 e. The van der Waals surface area contributed by atoms with E-state index in [1.807, 2.05) is 0 Å². The summed E-state index contributed by atoms with van der Waals surface area (Å²) >= 11 is 0. The van der Waals surface area contributed by atoms with Crippen LogP contribution >= 0.6 is 0 Å². The van der Waals surface area contributed by atoms with Gasteiger partial charge < -0.3 is 4.90 Å². The Labute approximate surface area is 114 Å². The number of halogens is 2. The van der Waals surface area contributed by atoms with Crippen molar-refractivity contribution in [1.29, 1.82) is 0 Å². The molecule has 1 aromatic rings. The van der Waals surface area contributed by atoms with Crippen LogP contribution in [0.2, 0.25) is 0 Å². The molecule has 1 fully saturated rings. The second-order valence-corrected chi connectivity index (χ2v) is 5.61. The highest BCUT2D eigenvalue weighted by atomic mass is 19.1. The number of hydrogen-bond donors (Lipinski definition) is 0. The second kappa shape index (κ2) is 6.99. The van der Waals surface area contributed by atoms with Crippen molar-refractivity contribution in [2.75, 3.05) is 13.6 Å². The first-order chi connectivity index (χ1) is 9.16. The third-order valence-corrected chi connectivity index (χ3v) is 4.17. The number of aryl methyl sites for hydroxylation is 1. The first-order valence-corrected chi connectivity index (χ1v) is 7.31. The van der Waals surface area contributed by atoms with Gasteiger partial charge in [-0.2, -0.15) is 0 Å². The quantitative estimate of drug-likeness (QED) is 0.774. The maximum absolute atomic E-state index is 13.5. The van der Waals surface area contributed by atoms with Crippen molar-refractivity contribution in [1.82, 2.24) is 4.90 Å². The lowest BCUT2D eigenvalue weighted by Gasteiger charge is -2.31. The van der Waals surface area contributed by atoms with Crippen LogP contribution in [-0.4, -0.2) is 24.5 Å². The molecule has 1 aliphatic carbocycles. The summed E-state index contributed by atoms with van der Waals surface area (Å²) in [6.07, 6.45) is 8.23. The fourth-order valence-electron chi connectivity index (χ4n) is 2.95. The van der Waals surface area contributed by atoms with Gasteiger partial charge in [-0.1, -0.05) is 25.3 Å². The average Bonchev–Trinajstić information content (AvgIpc) is 2.42. The fraction of sp³-hybridized carbons (Fsp3) is 0.625. The van der Waals surface area contributed by atoms with E-state index < -0.39 is 11.6 Å². The largest absolute Gasteiger partial charge is 0.303 e. The van der Waals surface area contributed by atoms with E-state index >= 15 is 0 Å². The van der Waals surface area contributed by atoms with Crippen LogP contribution < -0.4 is 0 Å². The zero-order valence-corrected chi connectivity index (χ0v) is 11.7. The van der Waals surface area contributed by atoms with Gasteiger partial charge in [0.15, 0.2) is 0 Å². The standard InChI is InChI=1S/C16H23F2N/c1-19(15-7-3-2-4-8-15)11-5-6-13-9-10-14(17)12-16(13)18/h9-10,12,15H,2-8,11H2,1H3. The molecule has 1 aliphatic rings. The highest BCUT2D eigenvalue weighted by Gasteiger charge is 2.17.